The molecule has 0 aliphatic rings. The third-order valence-corrected chi connectivity index (χ3v) is 4.36. The molecule has 0 unspecified atom stereocenters. The molecule has 0 amide bonds. The summed E-state index contributed by atoms with van der Waals surface area (Å²) < 4.78 is 1.18. The van der Waals surface area contributed by atoms with Gasteiger partial charge in [-0.3, -0.25) is 4.79 Å². The molecule has 2 heteroatoms. The number of carbonyl (C=O) groups is 1. The molecule has 2 aromatic carbocycles. The van der Waals surface area contributed by atoms with Crippen molar-refractivity contribution in [1.29, 1.82) is 0 Å². The van der Waals surface area contributed by atoms with Crippen LogP contribution in [0.25, 0.3) is 10.1 Å². The molecule has 0 fully saturated rings. The highest BCUT2D eigenvalue weighted by Gasteiger charge is 2.16. The van der Waals surface area contributed by atoms with Gasteiger partial charge in [-0.1, -0.05) is 48.5 Å². The van der Waals surface area contributed by atoms with Gasteiger partial charge < -0.3 is 0 Å². The Morgan fingerprint density at radius 1 is 0.944 bits per heavy atom. The van der Waals surface area contributed by atoms with Gasteiger partial charge in [0.05, 0.1) is 4.88 Å². The number of benzene rings is 2. The van der Waals surface area contributed by atoms with Crippen molar-refractivity contribution in [3.8, 4) is 0 Å². The number of thiophene rings is 1. The lowest BCUT2D eigenvalue weighted by Crippen LogP contribution is -1.99. The normalized spacial score (nSPS) is 10.7. The lowest BCUT2D eigenvalue weighted by atomic mass is 10.1. The molecule has 1 heterocycles. The van der Waals surface area contributed by atoms with Crippen molar-refractivity contribution in [1.82, 2.24) is 0 Å². The average molecular weight is 252 g/mol. The van der Waals surface area contributed by atoms with Crippen LogP contribution in [0.2, 0.25) is 0 Å². The quantitative estimate of drug-likeness (QED) is 0.616. The number of hydrogen-bond donors (Lipinski definition) is 0. The minimum absolute atomic E-state index is 0.120. The lowest BCUT2D eigenvalue weighted by Gasteiger charge is -1.99. The Balaban J connectivity index is 2.15. The van der Waals surface area contributed by atoms with E-state index in [1.165, 1.54) is 10.1 Å². The van der Waals surface area contributed by atoms with Gasteiger partial charge >= 0.3 is 0 Å². The monoisotopic (exact) mass is 252 g/mol. The van der Waals surface area contributed by atoms with Crippen molar-refractivity contribution in [2.75, 3.05) is 0 Å². The first-order chi connectivity index (χ1) is 8.77. The topological polar surface area (TPSA) is 17.1 Å². The molecule has 0 atom stereocenters. The highest BCUT2D eigenvalue weighted by atomic mass is 32.1. The predicted octanol–water partition coefficient (Wildman–Crippen LogP) is 4.44. The average Bonchev–Trinajstić information content (AvgIpc) is 2.77. The van der Waals surface area contributed by atoms with Gasteiger partial charge in [-0.05, 0) is 23.9 Å². The minimum atomic E-state index is 0.120. The molecule has 0 bridgehead atoms. The van der Waals surface area contributed by atoms with Gasteiger partial charge in [-0.2, -0.15) is 0 Å². The zero-order valence-electron chi connectivity index (χ0n) is 10.0. The largest absolute Gasteiger partial charge is 0.288 e. The highest BCUT2D eigenvalue weighted by molar-refractivity contribution is 7.21. The summed E-state index contributed by atoms with van der Waals surface area (Å²) in [5.74, 6) is 0.120. The molecular formula is C16H12OS. The molecular weight excluding hydrogens is 240 g/mol. The molecule has 0 radical (unpaired) electrons. The van der Waals surface area contributed by atoms with E-state index in [0.29, 0.717) is 0 Å². The Morgan fingerprint density at radius 2 is 1.61 bits per heavy atom. The lowest BCUT2D eigenvalue weighted by molar-refractivity contribution is 0.104. The second-order valence-electron chi connectivity index (χ2n) is 4.25. The van der Waals surface area contributed by atoms with Crippen molar-refractivity contribution in [3.63, 3.8) is 0 Å². The zero-order chi connectivity index (χ0) is 12.5. The zero-order valence-corrected chi connectivity index (χ0v) is 10.8. The molecule has 0 N–H and O–H groups in total. The van der Waals surface area contributed by atoms with E-state index in [1.807, 2.05) is 49.4 Å². The summed E-state index contributed by atoms with van der Waals surface area (Å²) in [4.78, 5) is 13.3. The Labute approximate surface area is 110 Å². The summed E-state index contributed by atoms with van der Waals surface area (Å²) in [5, 5.41) is 1.18. The highest BCUT2D eigenvalue weighted by Crippen LogP contribution is 2.31. The SMILES string of the molecule is Cc1c(C(=O)c2ccccc2)sc2ccccc12. The van der Waals surface area contributed by atoms with Gasteiger partial charge in [0, 0.05) is 10.3 Å². The summed E-state index contributed by atoms with van der Waals surface area (Å²) in [5.41, 5.74) is 1.84. The minimum Gasteiger partial charge on any atom is -0.288 e. The van der Waals surface area contributed by atoms with Gasteiger partial charge in [-0.25, -0.2) is 0 Å². The van der Waals surface area contributed by atoms with Crippen molar-refractivity contribution < 1.29 is 4.79 Å². The molecule has 0 aliphatic carbocycles. The molecule has 0 aliphatic heterocycles. The van der Waals surface area contributed by atoms with Crippen LogP contribution in [0, 0.1) is 6.92 Å². The number of carbonyl (C=O) groups excluding carboxylic acids is 1. The first-order valence-electron chi connectivity index (χ1n) is 5.85. The first-order valence-corrected chi connectivity index (χ1v) is 6.67. The van der Waals surface area contributed by atoms with E-state index < -0.39 is 0 Å². The molecule has 1 nitrogen and oxygen atoms in total. The van der Waals surface area contributed by atoms with E-state index >= 15 is 0 Å². The fourth-order valence-corrected chi connectivity index (χ4v) is 3.28. The molecule has 18 heavy (non-hydrogen) atoms. The van der Waals surface area contributed by atoms with Crippen LogP contribution in [-0.4, -0.2) is 5.78 Å². The fraction of sp³-hybridized carbons (Fsp3) is 0.0625. The van der Waals surface area contributed by atoms with E-state index in [2.05, 4.69) is 12.1 Å². The summed E-state index contributed by atoms with van der Waals surface area (Å²) in [6.07, 6.45) is 0. The summed E-state index contributed by atoms with van der Waals surface area (Å²) in [7, 11) is 0. The van der Waals surface area contributed by atoms with Crippen molar-refractivity contribution in [2.24, 2.45) is 0 Å². The van der Waals surface area contributed by atoms with Gasteiger partial charge in [0.2, 0.25) is 5.78 Å². The van der Waals surface area contributed by atoms with Crippen LogP contribution in [0.1, 0.15) is 20.8 Å². The molecule has 0 saturated heterocycles. The second-order valence-corrected chi connectivity index (χ2v) is 5.30. The fourth-order valence-electron chi connectivity index (χ4n) is 2.11. The van der Waals surface area contributed by atoms with E-state index in [4.69, 9.17) is 0 Å². The molecule has 88 valence electrons. The van der Waals surface area contributed by atoms with Crippen LogP contribution in [0.3, 0.4) is 0 Å². The smallest absolute Gasteiger partial charge is 0.203 e. The molecule has 0 spiro atoms. The van der Waals surface area contributed by atoms with E-state index in [-0.39, 0.29) is 5.78 Å². The standard InChI is InChI=1S/C16H12OS/c1-11-13-9-5-6-10-14(13)18-16(11)15(17)12-7-3-2-4-8-12/h2-10H,1H3. The van der Waals surface area contributed by atoms with Crippen LogP contribution in [0.5, 0.6) is 0 Å². The van der Waals surface area contributed by atoms with Crippen LogP contribution >= 0.6 is 11.3 Å². The van der Waals surface area contributed by atoms with Crippen LogP contribution in [-0.2, 0) is 0 Å². The summed E-state index contributed by atoms with van der Waals surface area (Å²) in [6.45, 7) is 2.02. The third kappa shape index (κ3) is 1.75. The van der Waals surface area contributed by atoms with Crippen molar-refractivity contribution in [2.45, 2.75) is 6.92 Å². The van der Waals surface area contributed by atoms with Crippen LogP contribution < -0.4 is 0 Å². The van der Waals surface area contributed by atoms with Crippen molar-refractivity contribution >= 4 is 27.2 Å². The molecule has 3 rings (SSSR count). The maximum absolute atomic E-state index is 12.4. The first kappa shape index (κ1) is 11.2. The summed E-state index contributed by atoms with van der Waals surface area (Å²) >= 11 is 1.58. The Bertz CT molecular complexity index is 710. The van der Waals surface area contributed by atoms with Crippen LogP contribution in [0.4, 0.5) is 0 Å². The molecule has 0 saturated carbocycles. The van der Waals surface area contributed by atoms with Gasteiger partial charge in [0.15, 0.2) is 0 Å². The number of fused-ring (bicyclic) bond motifs is 1. The summed E-state index contributed by atoms with van der Waals surface area (Å²) in [6, 6.07) is 17.6. The third-order valence-electron chi connectivity index (χ3n) is 3.09. The molecule has 3 aromatic rings. The van der Waals surface area contributed by atoms with Crippen LogP contribution in [0.15, 0.2) is 54.6 Å². The number of aryl methyl sites for hydroxylation is 1. The number of hydrogen-bond acceptors (Lipinski definition) is 2. The Hall–Kier alpha value is -1.93. The number of rotatable bonds is 2. The predicted molar refractivity (Wildman–Crippen MR) is 76.4 cm³/mol. The van der Waals surface area contributed by atoms with Gasteiger partial charge in [0.1, 0.15) is 0 Å². The van der Waals surface area contributed by atoms with Gasteiger partial charge in [-0.15, -0.1) is 11.3 Å². The van der Waals surface area contributed by atoms with E-state index in [0.717, 1.165) is 16.0 Å². The second kappa shape index (κ2) is 4.39. The van der Waals surface area contributed by atoms with E-state index in [1.54, 1.807) is 11.3 Å². The number of ketones is 1. The Morgan fingerprint density at radius 3 is 2.33 bits per heavy atom. The maximum Gasteiger partial charge on any atom is 0.203 e. The van der Waals surface area contributed by atoms with Gasteiger partial charge in [0.25, 0.3) is 0 Å². The van der Waals surface area contributed by atoms with E-state index in [9.17, 15) is 4.79 Å². The molecule has 1 aromatic heterocycles. The van der Waals surface area contributed by atoms with Crippen molar-refractivity contribution in [3.05, 3.63) is 70.6 Å². The maximum atomic E-state index is 12.4. The Kier molecular flexibility index (Phi) is 2.73.